The first kappa shape index (κ1) is 29.0. The molecule has 9 heteroatoms. The zero-order chi connectivity index (χ0) is 28.5. The Bertz CT molecular complexity index is 1430. The lowest BCUT2D eigenvalue weighted by Gasteiger charge is -2.40. The normalized spacial score (nSPS) is 17.5. The average molecular weight is 553 g/mol. The highest BCUT2D eigenvalue weighted by atomic mass is 32.2. The average Bonchev–Trinajstić information content (AvgIpc) is 2.88. The summed E-state index contributed by atoms with van der Waals surface area (Å²) < 4.78 is 29.4. The fourth-order valence-electron chi connectivity index (χ4n) is 5.57. The minimum absolute atomic E-state index is 0.00949. The van der Waals surface area contributed by atoms with Crippen LogP contribution in [0.1, 0.15) is 69.5 Å². The number of aryl methyl sites for hydroxylation is 1. The Morgan fingerprint density at radius 1 is 1.10 bits per heavy atom. The maximum absolute atomic E-state index is 13.4. The van der Waals surface area contributed by atoms with Crippen molar-refractivity contribution in [3.63, 3.8) is 0 Å². The molecule has 1 unspecified atom stereocenters. The summed E-state index contributed by atoms with van der Waals surface area (Å²) in [6.45, 7) is 10.3. The van der Waals surface area contributed by atoms with Crippen molar-refractivity contribution in [1.82, 2.24) is 14.9 Å². The van der Waals surface area contributed by atoms with Crippen LogP contribution in [0.15, 0.2) is 42.6 Å². The topological polar surface area (TPSA) is 101 Å². The zero-order valence-corrected chi connectivity index (χ0v) is 24.8. The molecule has 0 bridgehead atoms. The van der Waals surface area contributed by atoms with Crippen LogP contribution in [-0.4, -0.2) is 54.9 Å². The summed E-state index contributed by atoms with van der Waals surface area (Å²) in [6, 6.07) is 11.9. The highest BCUT2D eigenvalue weighted by Gasteiger charge is 2.37. The van der Waals surface area contributed by atoms with Gasteiger partial charge < -0.3 is 15.0 Å². The van der Waals surface area contributed by atoms with Gasteiger partial charge in [0.1, 0.15) is 9.84 Å². The molecule has 2 aromatic heterocycles. The molecule has 210 valence electrons. The summed E-state index contributed by atoms with van der Waals surface area (Å²) in [6.07, 6.45) is 2.40. The van der Waals surface area contributed by atoms with E-state index in [1.165, 1.54) is 0 Å². The number of benzene rings is 1. The number of amides is 1. The fraction of sp³-hybridized carbons (Fsp3) is 0.500. The van der Waals surface area contributed by atoms with E-state index < -0.39 is 9.84 Å². The number of anilines is 2. The first-order valence-electron chi connectivity index (χ1n) is 13.4. The maximum atomic E-state index is 13.4. The molecule has 1 aliphatic heterocycles. The molecule has 3 heterocycles. The Labute approximate surface area is 232 Å². The van der Waals surface area contributed by atoms with Gasteiger partial charge in [-0.25, -0.2) is 8.42 Å². The van der Waals surface area contributed by atoms with Crippen molar-refractivity contribution >= 4 is 38.2 Å². The van der Waals surface area contributed by atoms with Gasteiger partial charge in [-0.15, -0.1) is 0 Å². The molecule has 39 heavy (non-hydrogen) atoms. The lowest BCUT2D eigenvalue weighted by molar-refractivity contribution is -0.139. The van der Waals surface area contributed by atoms with E-state index in [0.29, 0.717) is 12.8 Å². The molecule has 0 spiro atoms. The van der Waals surface area contributed by atoms with E-state index in [9.17, 15) is 13.2 Å². The highest BCUT2D eigenvalue weighted by Crippen LogP contribution is 2.40. The molecular formula is C30H40N4O4S. The monoisotopic (exact) mass is 552 g/mol. The first-order valence-corrected chi connectivity index (χ1v) is 15.3. The molecule has 3 aromatic rings. The van der Waals surface area contributed by atoms with Gasteiger partial charge in [0.25, 0.3) is 0 Å². The Kier molecular flexibility index (Phi) is 8.33. The Balaban J connectivity index is 1.60. The predicted octanol–water partition coefficient (Wildman–Crippen LogP) is 5.76. The Morgan fingerprint density at radius 2 is 1.74 bits per heavy atom. The third-order valence-electron chi connectivity index (χ3n) is 7.62. The lowest BCUT2D eigenvalue weighted by Crippen LogP contribution is -2.43. The minimum atomic E-state index is -3.03. The number of aromatic nitrogens is 2. The van der Waals surface area contributed by atoms with E-state index in [1.807, 2.05) is 68.4 Å². The number of hydrogen-bond donors (Lipinski definition) is 1. The fourth-order valence-corrected chi connectivity index (χ4v) is 7.06. The van der Waals surface area contributed by atoms with Crippen molar-refractivity contribution in [2.75, 3.05) is 31.0 Å². The summed E-state index contributed by atoms with van der Waals surface area (Å²) in [5.41, 5.74) is 6.00. The summed E-state index contributed by atoms with van der Waals surface area (Å²) in [7, 11) is 0.492. The number of carbonyl (C=O) groups excluding carboxylic acids is 1. The lowest BCUT2D eigenvalue weighted by atomic mass is 9.80. The largest absolute Gasteiger partial charge is 0.377 e. The molecule has 8 nitrogen and oxygen atoms in total. The molecule has 1 aliphatic rings. The quantitative estimate of drug-likeness (QED) is 0.398. The van der Waals surface area contributed by atoms with Crippen LogP contribution < -0.4 is 5.32 Å². The summed E-state index contributed by atoms with van der Waals surface area (Å²) >= 11 is 0. The molecular weight excluding hydrogens is 512 g/mol. The third kappa shape index (κ3) is 6.41. The van der Waals surface area contributed by atoms with Gasteiger partial charge in [-0.3, -0.25) is 14.8 Å². The molecule has 0 aliphatic carbocycles. The van der Waals surface area contributed by atoms with Crippen LogP contribution in [0.2, 0.25) is 0 Å². The van der Waals surface area contributed by atoms with Crippen LogP contribution >= 0.6 is 0 Å². The molecule has 1 amide bonds. The van der Waals surface area contributed by atoms with Gasteiger partial charge in [0.15, 0.2) is 0 Å². The van der Waals surface area contributed by atoms with Crippen molar-refractivity contribution in [1.29, 1.82) is 0 Å². The van der Waals surface area contributed by atoms with Crippen molar-refractivity contribution < 1.29 is 17.9 Å². The van der Waals surface area contributed by atoms with Gasteiger partial charge in [0.2, 0.25) is 5.91 Å². The number of pyridine rings is 2. The van der Waals surface area contributed by atoms with Crippen LogP contribution in [0.3, 0.4) is 0 Å². The van der Waals surface area contributed by atoms with Crippen LogP contribution in [-0.2, 0) is 19.4 Å². The Hall–Kier alpha value is -3.04. The second-order valence-corrected chi connectivity index (χ2v) is 14.0. The molecule has 1 aromatic carbocycles. The molecule has 0 saturated carbocycles. The SMILES string of the molecule is COC(C)c1c(Nc2ccc([C@H](N(C)C(=O)C3CCS(=O)(=O)CC3)C(C)(C)C)cc2)cnc2ccc(C)nc12. The van der Waals surface area contributed by atoms with Gasteiger partial charge in [-0.05, 0) is 61.9 Å². The van der Waals surface area contributed by atoms with Crippen LogP contribution in [0.5, 0.6) is 0 Å². The van der Waals surface area contributed by atoms with Gasteiger partial charge >= 0.3 is 0 Å². The number of carbonyl (C=O) groups is 1. The second-order valence-electron chi connectivity index (χ2n) is 11.7. The molecule has 4 rings (SSSR count). The van der Waals surface area contributed by atoms with Crippen molar-refractivity contribution in [2.45, 2.75) is 59.6 Å². The number of hydrogen-bond acceptors (Lipinski definition) is 7. The van der Waals surface area contributed by atoms with Gasteiger partial charge in [-0.1, -0.05) is 32.9 Å². The van der Waals surface area contributed by atoms with Gasteiger partial charge in [0.05, 0.1) is 46.6 Å². The van der Waals surface area contributed by atoms with E-state index in [0.717, 1.165) is 39.2 Å². The highest BCUT2D eigenvalue weighted by molar-refractivity contribution is 7.91. The van der Waals surface area contributed by atoms with E-state index in [4.69, 9.17) is 9.72 Å². The van der Waals surface area contributed by atoms with Crippen LogP contribution in [0.25, 0.3) is 11.0 Å². The number of ether oxygens (including phenoxy) is 1. The maximum Gasteiger partial charge on any atom is 0.226 e. The molecule has 2 atom stereocenters. The number of nitrogens with one attached hydrogen (secondary N) is 1. The van der Waals surface area contributed by atoms with E-state index in [-0.39, 0.29) is 40.9 Å². The second kappa shape index (κ2) is 11.2. The first-order chi connectivity index (χ1) is 18.3. The zero-order valence-electron chi connectivity index (χ0n) is 24.0. The molecule has 1 fully saturated rings. The van der Waals surface area contributed by atoms with Crippen molar-refractivity contribution in [2.24, 2.45) is 11.3 Å². The summed E-state index contributed by atoms with van der Waals surface area (Å²) in [5, 5.41) is 3.50. The van der Waals surface area contributed by atoms with Crippen LogP contribution in [0, 0.1) is 18.3 Å². The predicted molar refractivity (Wildman–Crippen MR) is 156 cm³/mol. The van der Waals surface area contributed by atoms with Crippen molar-refractivity contribution in [3.05, 3.63) is 59.4 Å². The van der Waals surface area contributed by atoms with E-state index in [2.05, 4.69) is 31.1 Å². The number of sulfone groups is 1. The molecule has 1 N–H and O–H groups in total. The smallest absolute Gasteiger partial charge is 0.226 e. The van der Waals surface area contributed by atoms with Gasteiger partial charge in [0, 0.05) is 37.0 Å². The number of methoxy groups -OCH3 is 1. The standard InChI is InChI=1S/C30H40N4O4S/c1-19-8-13-24-27(32-19)26(20(2)38-7)25(18-31-24)33-23-11-9-21(10-12-23)28(30(3,4)5)34(6)29(35)22-14-16-39(36,37)17-15-22/h8-13,18,20,22,28,33H,14-17H2,1-7H3/t20?,28-/m0/s1. The minimum Gasteiger partial charge on any atom is -0.377 e. The van der Waals surface area contributed by atoms with Crippen molar-refractivity contribution in [3.8, 4) is 0 Å². The number of fused-ring (bicyclic) bond motifs is 1. The number of nitrogens with zero attached hydrogens (tertiary/aromatic N) is 3. The summed E-state index contributed by atoms with van der Waals surface area (Å²) in [4.78, 5) is 24.6. The van der Waals surface area contributed by atoms with E-state index >= 15 is 0 Å². The van der Waals surface area contributed by atoms with E-state index in [1.54, 1.807) is 7.11 Å². The number of rotatable bonds is 7. The molecule has 1 saturated heterocycles. The summed E-state index contributed by atoms with van der Waals surface area (Å²) in [5.74, 6) is -0.0844. The third-order valence-corrected chi connectivity index (χ3v) is 9.33. The Morgan fingerprint density at radius 3 is 2.33 bits per heavy atom. The van der Waals surface area contributed by atoms with Gasteiger partial charge in [-0.2, -0.15) is 0 Å². The van der Waals surface area contributed by atoms with Crippen LogP contribution in [0.4, 0.5) is 11.4 Å². The molecule has 0 radical (unpaired) electrons.